The SMILES string of the molecule is CCc1nc2cc(NC(=O)NC(CCO)C(C)C)ccc2o1. The minimum atomic E-state index is -0.286. The summed E-state index contributed by atoms with van der Waals surface area (Å²) < 4.78 is 5.54. The first-order valence-corrected chi connectivity index (χ1v) is 7.61. The van der Waals surface area contributed by atoms with Crippen LogP contribution in [0.1, 0.15) is 33.1 Å². The Labute approximate surface area is 129 Å². The van der Waals surface area contributed by atoms with E-state index in [1.807, 2.05) is 20.8 Å². The summed E-state index contributed by atoms with van der Waals surface area (Å²) in [5.41, 5.74) is 2.10. The predicted molar refractivity (Wildman–Crippen MR) is 85.9 cm³/mol. The number of hydrogen-bond acceptors (Lipinski definition) is 4. The minimum Gasteiger partial charge on any atom is -0.441 e. The average molecular weight is 305 g/mol. The molecule has 2 rings (SSSR count). The topological polar surface area (TPSA) is 87.4 Å². The van der Waals surface area contributed by atoms with E-state index in [9.17, 15) is 4.79 Å². The number of nitrogens with one attached hydrogen (secondary N) is 2. The number of oxazole rings is 1. The van der Waals surface area contributed by atoms with Crippen LogP contribution in [0.25, 0.3) is 11.1 Å². The highest BCUT2D eigenvalue weighted by Gasteiger charge is 2.16. The molecule has 3 N–H and O–H groups in total. The second kappa shape index (κ2) is 7.26. The molecule has 2 aromatic rings. The van der Waals surface area contributed by atoms with Gasteiger partial charge in [-0.05, 0) is 30.5 Å². The van der Waals surface area contributed by atoms with Gasteiger partial charge in [0.2, 0.25) is 0 Å². The van der Waals surface area contributed by atoms with Gasteiger partial charge < -0.3 is 20.2 Å². The fraction of sp³-hybridized carbons (Fsp3) is 0.500. The Bertz CT molecular complexity index is 637. The lowest BCUT2D eigenvalue weighted by Crippen LogP contribution is -2.41. The van der Waals surface area contributed by atoms with Crippen LogP contribution >= 0.6 is 0 Å². The molecule has 22 heavy (non-hydrogen) atoms. The molecule has 2 amide bonds. The van der Waals surface area contributed by atoms with Gasteiger partial charge in [-0.3, -0.25) is 0 Å². The molecular weight excluding hydrogens is 282 g/mol. The standard InChI is InChI=1S/C16H23N3O3/c1-4-15-18-13-9-11(5-6-14(13)22-15)17-16(21)19-12(7-8-20)10(2)3/h5-6,9-10,12,20H,4,7-8H2,1-3H3,(H2,17,19,21). The first-order valence-electron chi connectivity index (χ1n) is 7.61. The zero-order valence-electron chi connectivity index (χ0n) is 13.2. The molecule has 0 saturated carbocycles. The third-order valence-corrected chi connectivity index (χ3v) is 3.55. The molecule has 0 fully saturated rings. The number of urea groups is 1. The molecule has 0 saturated heterocycles. The van der Waals surface area contributed by atoms with Crippen LogP contribution in [0.2, 0.25) is 0 Å². The van der Waals surface area contributed by atoms with Gasteiger partial charge in [-0.25, -0.2) is 9.78 Å². The maximum atomic E-state index is 12.1. The van der Waals surface area contributed by atoms with E-state index in [0.29, 0.717) is 23.6 Å². The van der Waals surface area contributed by atoms with E-state index >= 15 is 0 Å². The molecule has 1 aromatic heterocycles. The van der Waals surface area contributed by atoms with E-state index in [-0.39, 0.29) is 24.6 Å². The number of hydrogen-bond donors (Lipinski definition) is 3. The number of amides is 2. The maximum Gasteiger partial charge on any atom is 0.319 e. The molecule has 6 heteroatoms. The van der Waals surface area contributed by atoms with Crippen molar-refractivity contribution in [1.82, 2.24) is 10.3 Å². The summed E-state index contributed by atoms with van der Waals surface area (Å²) in [6, 6.07) is 5.01. The van der Waals surface area contributed by atoms with Crippen LogP contribution in [0.3, 0.4) is 0 Å². The molecule has 1 aromatic carbocycles. The number of carbonyl (C=O) groups is 1. The number of benzene rings is 1. The third kappa shape index (κ3) is 3.98. The highest BCUT2D eigenvalue weighted by Crippen LogP contribution is 2.20. The molecule has 0 bridgehead atoms. The van der Waals surface area contributed by atoms with Crippen molar-refractivity contribution in [1.29, 1.82) is 0 Å². The van der Waals surface area contributed by atoms with E-state index in [0.717, 1.165) is 11.9 Å². The fourth-order valence-electron chi connectivity index (χ4n) is 2.25. The second-order valence-electron chi connectivity index (χ2n) is 5.60. The van der Waals surface area contributed by atoms with Crippen LogP contribution in [0.4, 0.5) is 10.5 Å². The Balaban J connectivity index is 2.04. The molecule has 6 nitrogen and oxygen atoms in total. The van der Waals surface area contributed by atoms with Crippen molar-refractivity contribution in [2.75, 3.05) is 11.9 Å². The first-order chi connectivity index (χ1) is 10.5. The summed E-state index contributed by atoms with van der Waals surface area (Å²) >= 11 is 0. The molecular formula is C16H23N3O3. The lowest BCUT2D eigenvalue weighted by Gasteiger charge is -2.21. The van der Waals surface area contributed by atoms with Gasteiger partial charge >= 0.3 is 6.03 Å². The van der Waals surface area contributed by atoms with Gasteiger partial charge in [0, 0.05) is 24.8 Å². The van der Waals surface area contributed by atoms with Crippen molar-refractivity contribution in [3.05, 3.63) is 24.1 Å². The van der Waals surface area contributed by atoms with Crippen LogP contribution in [-0.2, 0) is 6.42 Å². The number of fused-ring (bicyclic) bond motifs is 1. The maximum absolute atomic E-state index is 12.1. The second-order valence-corrected chi connectivity index (χ2v) is 5.60. The number of aliphatic hydroxyl groups excluding tert-OH is 1. The largest absolute Gasteiger partial charge is 0.441 e. The lowest BCUT2D eigenvalue weighted by atomic mass is 10.0. The molecule has 0 aliphatic rings. The molecule has 0 aliphatic carbocycles. The van der Waals surface area contributed by atoms with Crippen molar-refractivity contribution >= 4 is 22.8 Å². The number of aromatic nitrogens is 1. The number of nitrogens with zero attached hydrogens (tertiary/aromatic N) is 1. The minimum absolute atomic E-state index is 0.0494. The Morgan fingerprint density at radius 3 is 2.82 bits per heavy atom. The normalized spacial score (nSPS) is 12.6. The Hall–Kier alpha value is -2.08. The summed E-state index contributed by atoms with van der Waals surface area (Å²) in [5.74, 6) is 0.933. The summed E-state index contributed by atoms with van der Waals surface area (Å²) in [7, 11) is 0. The summed E-state index contributed by atoms with van der Waals surface area (Å²) in [6.07, 6.45) is 1.27. The molecule has 0 aliphatic heterocycles. The molecule has 0 radical (unpaired) electrons. The molecule has 1 unspecified atom stereocenters. The third-order valence-electron chi connectivity index (χ3n) is 3.55. The van der Waals surface area contributed by atoms with Crippen molar-refractivity contribution < 1.29 is 14.3 Å². The molecule has 120 valence electrons. The zero-order chi connectivity index (χ0) is 16.1. The zero-order valence-corrected chi connectivity index (χ0v) is 13.2. The number of rotatable bonds is 6. The first kappa shape index (κ1) is 16.3. The van der Waals surface area contributed by atoms with Gasteiger partial charge in [0.15, 0.2) is 11.5 Å². The highest BCUT2D eigenvalue weighted by atomic mass is 16.3. The van der Waals surface area contributed by atoms with Crippen molar-refractivity contribution in [2.45, 2.75) is 39.7 Å². The van der Waals surface area contributed by atoms with Crippen LogP contribution in [0.5, 0.6) is 0 Å². The van der Waals surface area contributed by atoms with Gasteiger partial charge in [-0.2, -0.15) is 0 Å². The van der Waals surface area contributed by atoms with Gasteiger partial charge in [-0.15, -0.1) is 0 Å². The van der Waals surface area contributed by atoms with Crippen LogP contribution < -0.4 is 10.6 Å². The number of aliphatic hydroxyl groups is 1. The van der Waals surface area contributed by atoms with E-state index in [1.54, 1.807) is 18.2 Å². The number of carbonyl (C=O) groups excluding carboxylic acids is 1. The number of anilines is 1. The van der Waals surface area contributed by atoms with E-state index < -0.39 is 0 Å². The lowest BCUT2D eigenvalue weighted by molar-refractivity contribution is 0.227. The van der Waals surface area contributed by atoms with Crippen LogP contribution in [0, 0.1) is 5.92 Å². The summed E-state index contributed by atoms with van der Waals surface area (Å²) in [4.78, 5) is 16.4. The van der Waals surface area contributed by atoms with Gasteiger partial charge in [0.05, 0.1) is 0 Å². The van der Waals surface area contributed by atoms with E-state index in [1.165, 1.54) is 0 Å². The van der Waals surface area contributed by atoms with E-state index in [4.69, 9.17) is 9.52 Å². The van der Waals surface area contributed by atoms with Crippen molar-refractivity contribution in [3.8, 4) is 0 Å². The van der Waals surface area contributed by atoms with Gasteiger partial charge in [0.25, 0.3) is 0 Å². The summed E-state index contributed by atoms with van der Waals surface area (Å²) in [5, 5.41) is 14.7. The monoisotopic (exact) mass is 305 g/mol. The molecule has 1 heterocycles. The quantitative estimate of drug-likeness (QED) is 0.765. The average Bonchev–Trinajstić information content (AvgIpc) is 2.89. The Morgan fingerprint density at radius 2 is 2.18 bits per heavy atom. The van der Waals surface area contributed by atoms with Crippen LogP contribution in [0.15, 0.2) is 22.6 Å². The van der Waals surface area contributed by atoms with E-state index in [2.05, 4.69) is 15.6 Å². The number of aryl methyl sites for hydroxylation is 1. The van der Waals surface area contributed by atoms with Gasteiger partial charge in [-0.1, -0.05) is 20.8 Å². The Morgan fingerprint density at radius 1 is 1.41 bits per heavy atom. The molecule has 0 spiro atoms. The van der Waals surface area contributed by atoms with Crippen molar-refractivity contribution in [3.63, 3.8) is 0 Å². The smallest absolute Gasteiger partial charge is 0.319 e. The van der Waals surface area contributed by atoms with Crippen LogP contribution in [-0.4, -0.2) is 28.8 Å². The highest BCUT2D eigenvalue weighted by molar-refractivity contribution is 5.91. The summed E-state index contributed by atoms with van der Waals surface area (Å²) in [6.45, 7) is 6.04. The Kier molecular flexibility index (Phi) is 5.38. The fourth-order valence-corrected chi connectivity index (χ4v) is 2.25. The van der Waals surface area contributed by atoms with Crippen molar-refractivity contribution in [2.24, 2.45) is 5.92 Å². The van der Waals surface area contributed by atoms with Gasteiger partial charge in [0.1, 0.15) is 5.52 Å². The predicted octanol–water partition coefficient (Wildman–Crippen LogP) is 2.92. The molecule has 1 atom stereocenters.